The second-order valence-electron chi connectivity index (χ2n) is 10.9. The number of carbonyl (C=O) groups excluding carboxylic acids is 1. The number of fused-ring (bicyclic) bond motifs is 1. The molecule has 7 heteroatoms. The van der Waals surface area contributed by atoms with E-state index in [0.29, 0.717) is 6.42 Å². The van der Waals surface area contributed by atoms with Crippen LogP contribution < -0.4 is 16.0 Å². The van der Waals surface area contributed by atoms with Crippen molar-refractivity contribution in [2.24, 2.45) is 23.2 Å². The molecule has 3 aromatic rings. The number of hydrogen-bond acceptors (Lipinski definition) is 5. The molecule has 4 aliphatic carbocycles. The standard InChI is InChI=1S/C27H34N6O/c34-26(16-27-13-18-10-19(14-27)12-20(11-18)15-27)32-24-3-1-2-23-22(24)4-5-25(31-23)29-9-8-28-17-21-6-7-30-33-21/h1-7,18-20,28H,8-17H2,(H,29,31)(H,30,33)(H,32,34). The number of hydrogen-bond donors (Lipinski definition) is 4. The second kappa shape index (κ2) is 9.02. The van der Waals surface area contributed by atoms with E-state index in [2.05, 4.69) is 32.2 Å². The summed E-state index contributed by atoms with van der Waals surface area (Å²) in [5, 5.41) is 17.9. The normalized spacial score (nSPS) is 27.2. The topological polar surface area (TPSA) is 94.7 Å². The van der Waals surface area contributed by atoms with Crippen molar-refractivity contribution in [3.8, 4) is 0 Å². The van der Waals surface area contributed by atoms with Gasteiger partial charge in [0, 0.05) is 37.6 Å². The Morgan fingerprint density at radius 2 is 1.79 bits per heavy atom. The Labute approximate surface area is 200 Å². The van der Waals surface area contributed by atoms with Gasteiger partial charge in [-0.3, -0.25) is 9.89 Å². The molecule has 4 aliphatic rings. The lowest BCUT2D eigenvalue weighted by Gasteiger charge is -2.56. The number of rotatable bonds is 9. The molecule has 34 heavy (non-hydrogen) atoms. The predicted molar refractivity (Wildman–Crippen MR) is 134 cm³/mol. The quantitative estimate of drug-likeness (QED) is 0.349. The largest absolute Gasteiger partial charge is 0.369 e. The predicted octanol–water partition coefficient (Wildman–Crippen LogP) is 4.70. The van der Waals surface area contributed by atoms with Crippen molar-refractivity contribution in [1.29, 1.82) is 0 Å². The number of nitrogens with one attached hydrogen (secondary N) is 4. The van der Waals surface area contributed by atoms with E-state index in [4.69, 9.17) is 4.98 Å². The molecule has 0 atom stereocenters. The molecule has 4 saturated carbocycles. The summed E-state index contributed by atoms with van der Waals surface area (Å²) in [6, 6.07) is 12.0. The molecule has 7 rings (SSSR count). The summed E-state index contributed by atoms with van der Waals surface area (Å²) in [4.78, 5) is 17.9. The molecule has 0 spiro atoms. The number of amides is 1. The summed E-state index contributed by atoms with van der Waals surface area (Å²) in [5.74, 6) is 3.61. The molecule has 0 saturated heterocycles. The molecule has 178 valence electrons. The smallest absolute Gasteiger partial charge is 0.224 e. The average molecular weight is 459 g/mol. The van der Waals surface area contributed by atoms with Gasteiger partial charge in [-0.1, -0.05) is 6.07 Å². The minimum atomic E-state index is 0.166. The highest BCUT2D eigenvalue weighted by atomic mass is 16.1. The molecule has 2 heterocycles. The highest BCUT2D eigenvalue weighted by molar-refractivity contribution is 6.01. The number of aromatic amines is 1. The summed E-state index contributed by atoms with van der Waals surface area (Å²) in [6.07, 6.45) is 10.5. The van der Waals surface area contributed by atoms with Crippen molar-refractivity contribution in [3.63, 3.8) is 0 Å². The van der Waals surface area contributed by atoms with Crippen LogP contribution in [0.4, 0.5) is 11.5 Å². The molecule has 7 nitrogen and oxygen atoms in total. The zero-order valence-electron chi connectivity index (χ0n) is 19.6. The lowest BCUT2D eigenvalue weighted by Crippen LogP contribution is -2.47. The maximum absolute atomic E-state index is 13.1. The number of nitrogens with zero attached hydrogens (tertiary/aromatic N) is 2. The molecule has 0 radical (unpaired) electrons. The van der Waals surface area contributed by atoms with Gasteiger partial charge in [-0.25, -0.2) is 4.98 Å². The van der Waals surface area contributed by atoms with E-state index in [9.17, 15) is 4.79 Å². The van der Waals surface area contributed by atoms with Gasteiger partial charge in [-0.05, 0) is 92.0 Å². The molecule has 0 aliphatic heterocycles. The summed E-state index contributed by atoms with van der Waals surface area (Å²) < 4.78 is 0. The molecule has 0 unspecified atom stereocenters. The Balaban J connectivity index is 1.06. The molecular formula is C27H34N6O. The number of benzene rings is 1. The number of pyridine rings is 1. The van der Waals surface area contributed by atoms with Crippen LogP contribution in [0.2, 0.25) is 0 Å². The molecule has 4 N–H and O–H groups in total. The molecular weight excluding hydrogens is 424 g/mol. The van der Waals surface area contributed by atoms with Crippen molar-refractivity contribution in [2.45, 2.75) is 51.5 Å². The van der Waals surface area contributed by atoms with Crippen LogP contribution in [0.15, 0.2) is 42.6 Å². The van der Waals surface area contributed by atoms with Gasteiger partial charge in [0.15, 0.2) is 0 Å². The average Bonchev–Trinajstić information content (AvgIpc) is 3.31. The van der Waals surface area contributed by atoms with Crippen molar-refractivity contribution >= 4 is 28.3 Å². The Morgan fingerprint density at radius 1 is 1.00 bits per heavy atom. The Hall–Kier alpha value is -2.93. The fourth-order valence-corrected chi connectivity index (χ4v) is 7.29. The van der Waals surface area contributed by atoms with Crippen LogP contribution in [-0.2, 0) is 11.3 Å². The maximum atomic E-state index is 13.1. The third-order valence-electron chi connectivity index (χ3n) is 8.18. The lowest BCUT2D eigenvalue weighted by molar-refractivity contribution is -0.124. The third-order valence-corrected chi connectivity index (χ3v) is 8.18. The number of anilines is 2. The van der Waals surface area contributed by atoms with Crippen LogP contribution in [0.3, 0.4) is 0 Å². The summed E-state index contributed by atoms with van der Waals surface area (Å²) >= 11 is 0. The van der Waals surface area contributed by atoms with Gasteiger partial charge in [-0.2, -0.15) is 5.10 Å². The van der Waals surface area contributed by atoms with Gasteiger partial charge in [0.2, 0.25) is 5.91 Å². The van der Waals surface area contributed by atoms with Gasteiger partial charge in [-0.15, -0.1) is 0 Å². The summed E-state index contributed by atoms with van der Waals surface area (Å²) in [6.45, 7) is 2.32. The van der Waals surface area contributed by atoms with E-state index in [1.165, 1.54) is 38.5 Å². The van der Waals surface area contributed by atoms with Gasteiger partial charge in [0.05, 0.1) is 16.9 Å². The maximum Gasteiger partial charge on any atom is 0.224 e. The number of aromatic nitrogens is 3. The minimum Gasteiger partial charge on any atom is -0.369 e. The van der Waals surface area contributed by atoms with Gasteiger partial charge < -0.3 is 16.0 Å². The van der Waals surface area contributed by atoms with Crippen LogP contribution in [0.1, 0.15) is 50.6 Å². The van der Waals surface area contributed by atoms with Gasteiger partial charge in [0.25, 0.3) is 0 Å². The Bertz CT molecular complexity index is 1120. The van der Waals surface area contributed by atoms with E-state index in [-0.39, 0.29) is 11.3 Å². The zero-order chi connectivity index (χ0) is 23.0. The number of H-pyrrole nitrogens is 1. The molecule has 2 aromatic heterocycles. The Kier molecular flexibility index (Phi) is 5.73. The molecule has 1 aromatic carbocycles. The molecule has 4 fully saturated rings. The van der Waals surface area contributed by atoms with E-state index >= 15 is 0 Å². The van der Waals surface area contributed by atoms with E-state index < -0.39 is 0 Å². The van der Waals surface area contributed by atoms with E-state index in [1.807, 2.05) is 36.5 Å². The fourth-order valence-electron chi connectivity index (χ4n) is 7.29. The monoisotopic (exact) mass is 458 g/mol. The van der Waals surface area contributed by atoms with Crippen LogP contribution in [0.5, 0.6) is 0 Å². The first-order chi connectivity index (χ1) is 16.6. The fraction of sp³-hybridized carbons (Fsp3) is 0.519. The second-order valence-corrected chi connectivity index (χ2v) is 10.9. The Morgan fingerprint density at radius 3 is 2.53 bits per heavy atom. The summed E-state index contributed by atoms with van der Waals surface area (Å²) in [5.41, 5.74) is 3.01. The van der Waals surface area contributed by atoms with Crippen LogP contribution >= 0.6 is 0 Å². The summed E-state index contributed by atoms with van der Waals surface area (Å²) in [7, 11) is 0. The van der Waals surface area contributed by atoms with Crippen LogP contribution in [0, 0.1) is 23.2 Å². The van der Waals surface area contributed by atoms with Crippen molar-refractivity contribution in [2.75, 3.05) is 23.7 Å². The van der Waals surface area contributed by atoms with Crippen LogP contribution in [-0.4, -0.2) is 34.2 Å². The highest BCUT2D eigenvalue weighted by Gasteiger charge is 2.51. The highest BCUT2D eigenvalue weighted by Crippen LogP contribution is 2.61. The van der Waals surface area contributed by atoms with Crippen molar-refractivity contribution in [3.05, 3.63) is 48.3 Å². The van der Waals surface area contributed by atoms with E-state index in [0.717, 1.165) is 65.5 Å². The van der Waals surface area contributed by atoms with Crippen molar-refractivity contribution < 1.29 is 4.79 Å². The molecule has 1 amide bonds. The molecule has 4 bridgehead atoms. The first-order valence-corrected chi connectivity index (χ1v) is 12.8. The third kappa shape index (κ3) is 4.53. The zero-order valence-corrected chi connectivity index (χ0v) is 19.6. The number of carbonyl (C=O) groups is 1. The van der Waals surface area contributed by atoms with Crippen molar-refractivity contribution in [1.82, 2.24) is 20.5 Å². The minimum absolute atomic E-state index is 0.166. The van der Waals surface area contributed by atoms with Gasteiger partial charge in [0.1, 0.15) is 5.82 Å². The first kappa shape index (κ1) is 21.6. The van der Waals surface area contributed by atoms with E-state index in [1.54, 1.807) is 0 Å². The first-order valence-electron chi connectivity index (χ1n) is 12.8. The van der Waals surface area contributed by atoms with Crippen LogP contribution in [0.25, 0.3) is 10.9 Å². The lowest BCUT2D eigenvalue weighted by atomic mass is 9.49. The SMILES string of the molecule is O=C(CC12CC3CC(CC(C3)C1)C2)Nc1cccc2nc(NCCNCc3cc[nH]n3)ccc12. The van der Waals surface area contributed by atoms with Gasteiger partial charge >= 0.3 is 0 Å².